The molecule has 0 spiro atoms. The Labute approximate surface area is 133 Å². The van der Waals surface area contributed by atoms with Crippen LogP contribution >= 0.6 is 11.6 Å². The van der Waals surface area contributed by atoms with Gasteiger partial charge in [-0.15, -0.1) is 0 Å². The fourth-order valence-electron chi connectivity index (χ4n) is 2.82. The molecule has 0 radical (unpaired) electrons. The second-order valence-corrected chi connectivity index (χ2v) is 5.91. The summed E-state index contributed by atoms with van der Waals surface area (Å²) in [5.41, 5.74) is 1.13. The molecule has 1 fully saturated rings. The summed E-state index contributed by atoms with van der Waals surface area (Å²) < 4.78 is 4.95. The average molecular weight is 318 g/mol. The van der Waals surface area contributed by atoms with E-state index < -0.39 is 0 Å². The summed E-state index contributed by atoms with van der Waals surface area (Å²) in [5.74, 6) is -0.215. The van der Waals surface area contributed by atoms with Gasteiger partial charge in [0.1, 0.15) is 6.26 Å². The van der Waals surface area contributed by atoms with E-state index in [9.17, 15) is 9.59 Å². The van der Waals surface area contributed by atoms with Crippen LogP contribution in [0.4, 0.5) is 0 Å². The monoisotopic (exact) mass is 317 g/mol. The third kappa shape index (κ3) is 3.07. The lowest BCUT2D eigenvalue weighted by Crippen LogP contribution is -2.42. The Morgan fingerprint density at radius 3 is 2.82 bits per heavy atom. The first-order valence-corrected chi connectivity index (χ1v) is 7.64. The minimum Gasteiger partial charge on any atom is -0.472 e. The van der Waals surface area contributed by atoms with Crippen LogP contribution in [-0.2, 0) is 0 Å². The zero-order valence-electron chi connectivity index (χ0n) is 12.0. The molecule has 4 nitrogen and oxygen atoms in total. The van der Waals surface area contributed by atoms with Crippen molar-refractivity contribution in [3.8, 4) is 0 Å². The number of hydrogen-bond acceptors (Lipinski definition) is 3. The highest BCUT2D eigenvalue weighted by Crippen LogP contribution is 2.23. The highest BCUT2D eigenvalue weighted by atomic mass is 35.5. The van der Waals surface area contributed by atoms with E-state index in [1.807, 2.05) is 0 Å². The van der Waals surface area contributed by atoms with Gasteiger partial charge in [-0.25, -0.2) is 0 Å². The number of carbonyl (C=O) groups excluding carboxylic acids is 2. The Morgan fingerprint density at radius 1 is 1.23 bits per heavy atom. The van der Waals surface area contributed by atoms with Gasteiger partial charge in [-0.1, -0.05) is 23.7 Å². The largest absolute Gasteiger partial charge is 0.472 e. The van der Waals surface area contributed by atoms with Crippen molar-refractivity contribution in [3.63, 3.8) is 0 Å². The highest BCUT2D eigenvalue weighted by molar-refractivity contribution is 6.31. The third-order valence-electron chi connectivity index (χ3n) is 3.96. The maximum atomic E-state index is 12.6. The van der Waals surface area contributed by atoms with Gasteiger partial charge in [0.25, 0.3) is 5.91 Å². The molecule has 1 aliphatic rings. The minimum absolute atomic E-state index is 0.0483. The first kappa shape index (κ1) is 14.9. The van der Waals surface area contributed by atoms with Gasteiger partial charge in [0, 0.05) is 29.6 Å². The summed E-state index contributed by atoms with van der Waals surface area (Å²) in [4.78, 5) is 26.7. The molecule has 0 unspecified atom stereocenters. The Kier molecular flexibility index (Phi) is 4.29. The molecule has 114 valence electrons. The number of hydrogen-bond donors (Lipinski definition) is 0. The summed E-state index contributed by atoms with van der Waals surface area (Å²) >= 11 is 5.95. The quantitative estimate of drug-likeness (QED) is 0.812. The standard InChI is InChI=1S/C17H16ClNO3/c18-15-5-1-3-12(9-15)16(20)13-4-2-7-19(10-13)17(21)14-6-8-22-11-14/h1,3,5-6,8-9,11,13H,2,4,7,10H2/t13-/m0/s1. The lowest BCUT2D eigenvalue weighted by molar-refractivity contribution is 0.0636. The Bertz CT molecular complexity index is 681. The zero-order chi connectivity index (χ0) is 15.5. The molecule has 22 heavy (non-hydrogen) atoms. The number of benzene rings is 1. The fourth-order valence-corrected chi connectivity index (χ4v) is 3.01. The predicted molar refractivity (Wildman–Crippen MR) is 83.1 cm³/mol. The van der Waals surface area contributed by atoms with Crippen LogP contribution < -0.4 is 0 Å². The van der Waals surface area contributed by atoms with Gasteiger partial charge >= 0.3 is 0 Å². The summed E-state index contributed by atoms with van der Waals surface area (Å²) in [6.07, 6.45) is 4.53. The molecule has 0 saturated carbocycles. The maximum Gasteiger partial charge on any atom is 0.257 e. The molecule has 1 amide bonds. The van der Waals surface area contributed by atoms with Gasteiger partial charge < -0.3 is 9.32 Å². The first-order chi connectivity index (χ1) is 10.6. The Morgan fingerprint density at radius 2 is 2.09 bits per heavy atom. The molecule has 2 heterocycles. The van der Waals surface area contributed by atoms with E-state index in [-0.39, 0.29) is 17.6 Å². The van der Waals surface area contributed by atoms with Crippen LogP contribution in [0.2, 0.25) is 5.02 Å². The number of halogens is 1. The molecular weight excluding hydrogens is 302 g/mol. The molecule has 1 aromatic carbocycles. The van der Waals surface area contributed by atoms with Crippen molar-refractivity contribution < 1.29 is 14.0 Å². The third-order valence-corrected chi connectivity index (χ3v) is 4.19. The number of furan rings is 1. The first-order valence-electron chi connectivity index (χ1n) is 7.26. The molecule has 1 aliphatic heterocycles. The van der Waals surface area contributed by atoms with Crippen molar-refractivity contribution in [2.75, 3.05) is 13.1 Å². The maximum absolute atomic E-state index is 12.6. The Balaban J connectivity index is 1.73. The molecule has 3 rings (SSSR count). The number of ketones is 1. The smallest absolute Gasteiger partial charge is 0.257 e. The lowest BCUT2D eigenvalue weighted by atomic mass is 9.90. The van der Waals surface area contributed by atoms with Crippen LogP contribution in [0.25, 0.3) is 0 Å². The predicted octanol–water partition coefficient (Wildman–Crippen LogP) is 3.67. The second kappa shape index (κ2) is 6.36. The van der Waals surface area contributed by atoms with Gasteiger partial charge in [0.15, 0.2) is 5.78 Å². The molecule has 2 aromatic rings. The molecular formula is C17H16ClNO3. The lowest BCUT2D eigenvalue weighted by Gasteiger charge is -2.31. The van der Waals surface area contributed by atoms with Crippen LogP contribution in [0.5, 0.6) is 0 Å². The average Bonchev–Trinajstić information content (AvgIpc) is 3.08. The normalized spacial score (nSPS) is 18.2. The summed E-state index contributed by atoms with van der Waals surface area (Å²) in [6.45, 7) is 1.11. The van der Waals surface area contributed by atoms with E-state index in [4.69, 9.17) is 16.0 Å². The van der Waals surface area contributed by atoms with Gasteiger partial charge in [0.05, 0.1) is 11.8 Å². The SMILES string of the molecule is O=C(c1cccc(Cl)c1)[C@H]1CCCN(C(=O)c2ccoc2)C1. The van der Waals surface area contributed by atoms with Crippen LogP contribution in [0.15, 0.2) is 47.3 Å². The molecule has 1 atom stereocenters. The van der Waals surface area contributed by atoms with E-state index in [0.29, 0.717) is 29.2 Å². The molecule has 5 heteroatoms. The van der Waals surface area contributed by atoms with Gasteiger partial charge in [-0.3, -0.25) is 9.59 Å². The number of carbonyl (C=O) groups is 2. The van der Waals surface area contributed by atoms with Crippen molar-refractivity contribution in [1.82, 2.24) is 4.90 Å². The van der Waals surface area contributed by atoms with Gasteiger partial charge in [0.2, 0.25) is 0 Å². The second-order valence-electron chi connectivity index (χ2n) is 5.48. The summed E-state index contributed by atoms with van der Waals surface area (Å²) in [7, 11) is 0. The zero-order valence-corrected chi connectivity index (χ0v) is 12.8. The van der Waals surface area contributed by atoms with E-state index in [1.54, 1.807) is 35.2 Å². The number of piperidine rings is 1. The molecule has 0 bridgehead atoms. The number of rotatable bonds is 3. The Hall–Kier alpha value is -2.07. The van der Waals surface area contributed by atoms with Crippen molar-refractivity contribution in [3.05, 3.63) is 59.0 Å². The van der Waals surface area contributed by atoms with Gasteiger partial charge in [-0.2, -0.15) is 0 Å². The van der Waals surface area contributed by atoms with Crippen LogP contribution in [-0.4, -0.2) is 29.7 Å². The summed E-state index contributed by atoms with van der Waals surface area (Å²) in [6, 6.07) is 8.61. The number of amides is 1. The molecule has 1 aromatic heterocycles. The van der Waals surface area contributed by atoms with E-state index in [2.05, 4.69) is 0 Å². The van der Waals surface area contributed by atoms with Crippen LogP contribution in [0.1, 0.15) is 33.6 Å². The minimum atomic E-state index is -0.178. The topological polar surface area (TPSA) is 50.5 Å². The van der Waals surface area contributed by atoms with Gasteiger partial charge in [-0.05, 0) is 31.0 Å². The highest BCUT2D eigenvalue weighted by Gasteiger charge is 2.29. The molecule has 0 N–H and O–H groups in total. The fraction of sp³-hybridized carbons (Fsp3) is 0.294. The van der Waals surface area contributed by atoms with Crippen molar-refractivity contribution >= 4 is 23.3 Å². The van der Waals surface area contributed by atoms with E-state index >= 15 is 0 Å². The summed E-state index contributed by atoms with van der Waals surface area (Å²) in [5, 5.41) is 0.549. The number of nitrogens with zero attached hydrogens (tertiary/aromatic N) is 1. The number of likely N-dealkylation sites (tertiary alicyclic amines) is 1. The van der Waals surface area contributed by atoms with Crippen LogP contribution in [0, 0.1) is 5.92 Å². The van der Waals surface area contributed by atoms with E-state index in [1.165, 1.54) is 12.5 Å². The van der Waals surface area contributed by atoms with Crippen molar-refractivity contribution in [2.24, 2.45) is 5.92 Å². The number of Topliss-reactive ketones (excluding diaryl/α,β-unsaturated/α-hetero) is 1. The van der Waals surface area contributed by atoms with Crippen molar-refractivity contribution in [1.29, 1.82) is 0 Å². The van der Waals surface area contributed by atoms with Crippen molar-refractivity contribution in [2.45, 2.75) is 12.8 Å². The molecule has 0 aliphatic carbocycles. The van der Waals surface area contributed by atoms with Crippen LogP contribution in [0.3, 0.4) is 0 Å². The molecule has 1 saturated heterocycles. The van der Waals surface area contributed by atoms with E-state index in [0.717, 1.165) is 12.8 Å².